The van der Waals surface area contributed by atoms with Crippen LogP contribution in [0.25, 0.3) is 0 Å². The van der Waals surface area contributed by atoms with Crippen molar-refractivity contribution < 1.29 is 9.53 Å². The number of nitrogens with zero attached hydrogens (tertiary/aromatic N) is 2. The van der Waals surface area contributed by atoms with Crippen LogP contribution in [0.5, 0.6) is 5.75 Å². The van der Waals surface area contributed by atoms with E-state index in [0.717, 1.165) is 32.7 Å². The molecule has 0 aromatic heterocycles. The number of carbonyl (C=O) groups is 1. The molecule has 0 spiro atoms. The van der Waals surface area contributed by atoms with Gasteiger partial charge in [0.1, 0.15) is 12.4 Å². The molecule has 0 saturated carbocycles. The third kappa shape index (κ3) is 3.93. The van der Waals surface area contributed by atoms with Gasteiger partial charge in [-0.25, -0.2) is 5.84 Å². The predicted molar refractivity (Wildman–Crippen MR) is 77.5 cm³/mol. The molecule has 20 heavy (non-hydrogen) atoms. The maximum atomic E-state index is 11.6. The highest BCUT2D eigenvalue weighted by Crippen LogP contribution is 2.17. The van der Waals surface area contributed by atoms with Crippen LogP contribution in [0, 0.1) is 0 Å². The van der Waals surface area contributed by atoms with E-state index in [1.807, 2.05) is 6.07 Å². The van der Waals surface area contributed by atoms with Gasteiger partial charge in [-0.3, -0.25) is 15.1 Å². The zero-order chi connectivity index (χ0) is 14.4. The largest absolute Gasteiger partial charge is 0.491 e. The van der Waals surface area contributed by atoms with Crippen molar-refractivity contribution in [3.63, 3.8) is 0 Å². The van der Waals surface area contributed by atoms with Crippen LogP contribution in [-0.4, -0.2) is 62.1 Å². The zero-order valence-corrected chi connectivity index (χ0v) is 11.8. The standard InChI is InChI=1S/C14H22N4O2/c1-17-6-8-18(9-7-17)10-11-20-13-5-3-2-4-12(13)14(19)16-15/h2-5H,6-11,15H2,1H3,(H,16,19). The summed E-state index contributed by atoms with van der Waals surface area (Å²) in [6, 6.07) is 7.12. The summed E-state index contributed by atoms with van der Waals surface area (Å²) >= 11 is 0. The van der Waals surface area contributed by atoms with Gasteiger partial charge in [-0.2, -0.15) is 0 Å². The van der Waals surface area contributed by atoms with Gasteiger partial charge < -0.3 is 9.64 Å². The predicted octanol–water partition coefficient (Wildman–Crippen LogP) is -0.0837. The Hall–Kier alpha value is -1.63. The average molecular weight is 278 g/mol. The molecule has 0 radical (unpaired) electrons. The summed E-state index contributed by atoms with van der Waals surface area (Å²) in [7, 11) is 2.13. The Morgan fingerprint density at radius 3 is 2.70 bits per heavy atom. The third-order valence-electron chi connectivity index (χ3n) is 3.52. The normalized spacial score (nSPS) is 16.9. The van der Waals surface area contributed by atoms with E-state index in [4.69, 9.17) is 10.6 Å². The summed E-state index contributed by atoms with van der Waals surface area (Å²) in [5.41, 5.74) is 2.60. The molecule has 1 saturated heterocycles. The van der Waals surface area contributed by atoms with Crippen molar-refractivity contribution in [1.82, 2.24) is 15.2 Å². The maximum Gasteiger partial charge on any atom is 0.268 e. The lowest BCUT2D eigenvalue weighted by molar-refractivity contribution is 0.0947. The number of ether oxygens (including phenoxy) is 1. The van der Waals surface area contributed by atoms with Crippen molar-refractivity contribution in [2.75, 3.05) is 46.4 Å². The maximum absolute atomic E-state index is 11.6. The molecule has 1 heterocycles. The number of amides is 1. The first kappa shape index (κ1) is 14.8. The summed E-state index contributed by atoms with van der Waals surface area (Å²) in [6.07, 6.45) is 0. The number of rotatable bonds is 5. The van der Waals surface area contributed by atoms with Crippen LogP contribution in [0.4, 0.5) is 0 Å². The van der Waals surface area contributed by atoms with E-state index < -0.39 is 0 Å². The molecule has 1 aromatic rings. The number of carbonyl (C=O) groups excluding carboxylic acids is 1. The lowest BCUT2D eigenvalue weighted by atomic mass is 10.2. The van der Waals surface area contributed by atoms with E-state index in [0.29, 0.717) is 17.9 Å². The van der Waals surface area contributed by atoms with Crippen LogP contribution < -0.4 is 16.0 Å². The number of hydrogen-bond donors (Lipinski definition) is 2. The lowest BCUT2D eigenvalue weighted by Gasteiger charge is -2.32. The highest BCUT2D eigenvalue weighted by molar-refractivity contribution is 5.96. The van der Waals surface area contributed by atoms with Crippen LogP contribution >= 0.6 is 0 Å². The molecule has 110 valence electrons. The topological polar surface area (TPSA) is 70.8 Å². The zero-order valence-electron chi connectivity index (χ0n) is 11.8. The number of hydrazine groups is 1. The van der Waals surface area contributed by atoms with Crippen LogP contribution in [0.3, 0.4) is 0 Å². The Bertz CT molecular complexity index is 445. The average Bonchev–Trinajstić information content (AvgIpc) is 2.49. The molecule has 0 unspecified atom stereocenters. The summed E-state index contributed by atoms with van der Waals surface area (Å²) in [5.74, 6) is 5.40. The van der Waals surface area contributed by atoms with E-state index in [1.54, 1.807) is 18.2 Å². The molecular weight excluding hydrogens is 256 g/mol. The molecule has 2 rings (SSSR count). The van der Waals surface area contributed by atoms with Gasteiger partial charge >= 0.3 is 0 Å². The van der Waals surface area contributed by atoms with Crippen molar-refractivity contribution in [2.24, 2.45) is 5.84 Å². The second kappa shape index (κ2) is 7.23. The van der Waals surface area contributed by atoms with Crippen LogP contribution in [0.2, 0.25) is 0 Å². The number of benzene rings is 1. The summed E-state index contributed by atoms with van der Waals surface area (Å²) in [4.78, 5) is 16.3. The van der Waals surface area contributed by atoms with Crippen LogP contribution in [0.15, 0.2) is 24.3 Å². The second-order valence-electron chi connectivity index (χ2n) is 4.96. The lowest BCUT2D eigenvalue weighted by Crippen LogP contribution is -2.45. The summed E-state index contributed by atoms with van der Waals surface area (Å²) in [6.45, 7) is 5.74. The number of likely N-dealkylation sites (N-methyl/N-ethyl adjacent to an activating group) is 1. The number of nitrogen functional groups attached to an aromatic ring is 1. The SMILES string of the molecule is CN1CCN(CCOc2ccccc2C(=O)NN)CC1. The molecule has 0 atom stereocenters. The highest BCUT2D eigenvalue weighted by atomic mass is 16.5. The van der Waals surface area contributed by atoms with Gasteiger partial charge in [0.05, 0.1) is 5.56 Å². The van der Waals surface area contributed by atoms with Gasteiger partial charge in [0.15, 0.2) is 0 Å². The third-order valence-corrected chi connectivity index (χ3v) is 3.52. The van der Waals surface area contributed by atoms with Gasteiger partial charge in [-0.15, -0.1) is 0 Å². The first-order valence-electron chi connectivity index (χ1n) is 6.84. The first-order valence-corrected chi connectivity index (χ1v) is 6.84. The minimum atomic E-state index is -0.333. The quantitative estimate of drug-likeness (QED) is 0.448. The van der Waals surface area contributed by atoms with Crippen molar-refractivity contribution in [3.8, 4) is 5.75 Å². The number of nitrogens with one attached hydrogen (secondary N) is 1. The number of piperazine rings is 1. The Labute approximate surface area is 119 Å². The highest BCUT2D eigenvalue weighted by Gasteiger charge is 2.14. The van der Waals surface area contributed by atoms with Crippen molar-refractivity contribution in [1.29, 1.82) is 0 Å². The van der Waals surface area contributed by atoms with Crippen LogP contribution in [0.1, 0.15) is 10.4 Å². The summed E-state index contributed by atoms with van der Waals surface area (Å²) in [5, 5.41) is 0. The molecule has 1 amide bonds. The second-order valence-corrected chi connectivity index (χ2v) is 4.96. The Balaban J connectivity index is 1.83. The molecule has 3 N–H and O–H groups in total. The molecule has 1 fully saturated rings. The Kier molecular flexibility index (Phi) is 5.34. The molecule has 6 nitrogen and oxygen atoms in total. The van der Waals surface area contributed by atoms with Crippen LogP contribution in [-0.2, 0) is 0 Å². The van der Waals surface area contributed by atoms with E-state index in [1.165, 1.54) is 0 Å². The van der Waals surface area contributed by atoms with E-state index in [9.17, 15) is 4.79 Å². The molecule has 1 aromatic carbocycles. The Morgan fingerprint density at radius 1 is 1.30 bits per heavy atom. The van der Waals surface area contributed by atoms with Crippen molar-refractivity contribution in [2.45, 2.75) is 0 Å². The minimum Gasteiger partial charge on any atom is -0.491 e. The molecule has 1 aliphatic heterocycles. The minimum absolute atomic E-state index is 0.333. The fourth-order valence-electron chi connectivity index (χ4n) is 2.21. The monoisotopic (exact) mass is 278 g/mol. The fourth-order valence-corrected chi connectivity index (χ4v) is 2.21. The molecule has 0 bridgehead atoms. The van der Waals surface area contributed by atoms with Gasteiger partial charge in [0.25, 0.3) is 5.91 Å². The van der Waals surface area contributed by atoms with E-state index in [2.05, 4.69) is 22.3 Å². The van der Waals surface area contributed by atoms with Gasteiger partial charge in [-0.05, 0) is 19.2 Å². The van der Waals surface area contributed by atoms with Crippen molar-refractivity contribution >= 4 is 5.91 Å². The number of hydrogen-bond acceptors (Lipinski definition) is 5. The first-order chi connectivity index (χ1) is 9.70. The van der Waals surface area contributed by atoms with Gasteiger partial charge in [0.2, 0.25) is 0 Å². The van der Waals surface area contributed by atoms with E-state index in [-0.39, 0.29) is 5.91 Å². The Morgan fingerprint density at radius 2 is 2.00 bits per heavy atom. The molecule has 1 aliphatic rings. The molecule has 6 heteroatoms. The number of nitrogens with two attached hydrogens (primary N) is 1. The van der Waals surface area contributed by atoms with Crippen molar-refractivity contribution in [3.05, 3.63) is 29.8 Å². The molecule has 0 aliphatic carbocycles. The van der Waals surface area contributed by atoms with E-state index >= 15 is 0 Å². The smallest absolute Gasteiger partial charge is 0.268 e. The fraction of sp³-hybridized carbons (Fsp3) is 0.500. The summed E-state index contributed by atoms with van der Waals surface area (Å²) < 4.78 is 5.72. The van der Waals surface area contributed by atoms with Gasteiger partial charge in [0, 0.05) is 32.7 Å². The molecular formula is C14H22N4O2. The van der Waals surface area contributed by atoms with Gasteiger partial charge in [-0.1, -0.05) is 12.1 Å². The number of para-hydroxylation sites is 1.